The molecule has 1 N–H and O–H groups in total. The molecule has 0 spiro atoms. The first kappa shape index (κ1) is 16.7. The molecular weight excluding hydrogens is 276 g/mol. The van der Waals surface area contributed by atoms with Crippen LogP contribution in [0.5, 0.6) is 0 Å². The van der Waals surface area contributed by atoms with Crippen LogP contribution in [0, 0.1) is 5.41 Å². The van der Waals surface area contributed by atoms with E-state index in [2.05, 4.69) is 5.32 Å². The Morgan fingerprint density at radius 3 is 2.05 bits per heavy atom. The standard InChI is InChI=1S/C14H22N2O3S/c1-14(2,3)10-13(17)15-11-6-8-12(9-7-11)20(18,19)16(4)5/h6-9H,10H2,1-5H3,(H,15,17). The first-order valence-electron chi connectivity index (χ1n) is 6.35. The molecule has 1 aromatic rings. The maximum atomic E-state index is 11.9. The summed E-state index contributed by atoms with van der Waals surface area (Å²) in [6, 6.07) is 6.16. The van der Waals surface area contributed by atoms with Crippen LogP contribution in [-0.4, -0.2) is 32.7 Å². The Hall–Kier alpha value is -1.40. The number of rotatable bonds is 4. The predicted molar refractivity (Wildman–Crippen MR) is 80.0 cm³/mol. The van der Waals surface area contributed by atoms with Crippen molar-refractivity contribution < 1.29 is 13.2 Å². The van der Waals surface area contributed by atoms with E-state index < -0.39 is 10.0 Å². The van der Waals surface area contributed by atoms with Crippen molar-refractivity contribution in [2.45, 2.75) is 32.1 Å². The van der Waals surface area contributed by atoms with Crippen LogP contribution >= 0.6 is 0 Å². The molecule has 0 radical (unpaired) electrons. The lowest BCUT2D eigenvalue weighted by atomic mass is 9.92. The lowest BCUT2D eigenvalue weighted by Gasteiger charge is -2.17. The van der Waals surface area contributed by atoms with E-state index in [1.807, 2.05) is 20.8 Å². The molecular formula is C14H22N2O3S. The van der Waals surface area contributed by atoms with Gasteiger partial charge in [-0.05, 0) is 29.7 Å². The van der Waals surface area contributed by atoms with Crippen molar-refractivity contribution in [2.75, 3.05) is 19.4 Å². The molecule has 0 aliphatic rings. The molecule has 20 heavy (non-hydrogen) atoms. The molecule has 0 bridgehead atoms. The quantitative estimate of drug-likeness (QED) is 0.927. The SMILES string of the molecule is CN(C)S(=O)(=O)c1ccc(NC(=O)CC(C)(C)C)cc1. The number of carbonyl (C=O) groups excluding carboxylic acids is 1. The lowest BCUT2D eigenvalue weighted by molar-refractivity contribution is -0.117. The number of hydrogen-bond acceptors (Lipinski definition) is 3. The summed E-state index contributed by atoms with van der Waals surface area (Å²) < 4.78 is 24.9. The van der Waals surface area contributed by atoms with Crippen LogP contribution in [0.4, 0.5) is 5.69 Å². The molecule has 0 saturated heterocycles. The number of nitrogens with zero attached hydrogens (tertiary/aromatic N) is 1. The number of nitrogens with one attached hydrogen (secondary N) is 1. The highest BCUT2D eigenvalue weighted by atomic mass is 32.2. The van der Waals surface area contributed by atoms with E-state index >= 15 is 0 Å². The molecule has 0 unspecified atom stereocenters. The van der Waals surface area contributed by atoms with E-state index in [0.29, 0.717) is 12.1 Å². The van der Waals surface area contributed by atoms with Gasteiger partial charge in [-0.3, -0.25) is 4.79 Å². The molecule has 0 aliphatic carbocycles. The highest BCUT2D eigenvalue weighted by molar-refractivity contribution is 7.89. The summed E-state index contributed by atoms with van der Waals surface area (Å²) in [5.41, 5.74) is 0.509. The van der Waals surface area contributed by atoms with Gasteiger partial charge in [0.2, 0.25) is 15.9 Å². The van der Waals surface area contributed by atoms with E-state index in [-0.39, 0.29) is 16.2 Å². The molecule has 6 heteroatoms. The van der Waals surface area contributed by atoms with Gasteiger partial charge in [0.15, 0.2) is 0 Å². The largest absolute Gasteiger partial charge is 0.326 e. The first-order chi connectivity index (χ1) is 9.02. The summed E-state index contributed by atoms with van der Waals surface area (Å²) in [6.45, 7) is 5.96. The third kappa shape index (κ3) is 4.61. The summed E-state index contributed by atoms with van der Waals surface area (Å²) >= 11 is 0. The van der Waals surface area contributed by atoms with E-state index in [1.54, 1.807) is 12.1 Å². The van der Waals surface area contributed by atoms with Crippen molar-refractivity contribution in [1.29, 1.82) is 0 Å². The molecule has 112 valence electrons. The number of sulfonamides is 1. The second kappa shape index (κ2) is 5.93. The van der Waals surface area contributed by atoms with E-state index in [4.69, 9.17) is 0 Å². The minimum absolute atomic E-state index is 0.0827. The van der Waals surface area contributed by atoms with Crippen LogP contribution in [0.25, 0.3) is 0 Å². The van der Waals surface area contributed by atoms with Gasteiger partial charge >= 0.3 is 0 Å². The Bertz CT molecular complexity index is 569. The predicted octanol–water partition coefficient (Wildman–Crippen LogP) is 2.31. The third-order valence-electron chi connectivity index (χ3n) is 2.61. The molecule has 1 rings (SSSR count). The molecule has 0 aromatic heterocycles. The number of benzene rings is 1. The summed E-state index contributed by atoms with van der Waals surface area (Å²) in [7, 11) is -0.469. The van der Waals surface area contributed by atoms with E-state index in [0.717, 1.165) is 4.31 Å². The van der Waals surface area contributed by atoms with Gasteiger partial charge in [0.05, 0.1) is 4.90 Å². The monoisotopic (exact) mass is 298 g/mol. The highest BCUT2D eigenvalue weighted by Gasteiger charge is 2.18. The van der Waals surface area contributed by atoms with Crippen molar-refractivity contribution in [2.24, 2.45) is 5.41 Å². The molecule has 0 fully saturated rings. The summed E-state index contributed by atoms with van der Waals surface area (Å²) in [4.78, 5) is 12.0. The number of carbonyl (C=O) groups is 1. The molecule has 0 saturated carbocycles. The van der Waals surface area contributed by atoms with Crippen molar-refractivity contribution in [1.82, 2.24) is 4.31 Å². The fourth-order valence-corrected chi connectivity index (χ4v) is 2.51. The molecule has 1 amide bonds. The maximum Gasteiger partial charge on any atom is 0.242 e. The van der Waals surface area contributed by atoms with Crippen LogP contribution < -0.4 is 5.32 Å². The number of hydrogen-bond donors (Lipinski definition) is 1. The molecule has 0 aliphatic heterocycles. The normalized spacial score (nSPS) is 12.5. The average molecular weight is 298 g/mol. The fourth-order valence-electron chi connectivity index (χ4n) is 1.61. The van der Waals surface area contributed by atoms with Gasteiger partial charge in [-0.25, -0.2) is 12.7 Å². The summed E-state index contributed by atoms with van der Waals surface area (Å²) in [6.07, 6.45) is 0.407. The van der Waals surface area contributed by atoms with Gasteiger partial charge in [-0.15, -0.1) is 0 Å². The first-order valence-corrected chi connectivity index (χ1v) is 7.79. The third-order valence-corrected chi connectivity index (χ3v) is 4.44. The van der Waals surface area contributed by atoms with Crippen molar-refractivity contribution in [3.8, 4) is 0 Å². The minimum atomic E-state index is -3.43. The maximum absolute atomic E-state index is 11.9. The van der Waals surface area contributed by atoms with Gasteiger partial charge in [0.25, 0.3) is 0 Å². The molecule has 0 atom stereocenters. The van der Waals surface area contributed by atoms with Gasteiger partial charge in [0, 0.05) is 26.2 Å². The Labute approximate surface area is 121 Å². The zero-order valence-corrected chi connectivity index (χ0v) is 13.4. The second-order valence-electron chi connectivity index (χ2n) is 6.10. The fraction of sp³-hybridized carbons (Fsp3) is 0.500. The van der Waals surface area contributed by atoms with Crippen molar-refractivity contribution in [3.05, 3.63) is 24.3 Å². The van der Waals surface area contributed by atoms with Crippen molar-refractivity contribution in [3.63, 3.8) is 0 Å². The van der Waals surface area contributed by atoms with Gasteiger partial charge < -0.3 is 5.32 Å². The minimum Gasteiger partial charge on any atom is -0.326 e. The smallest absolute Gasteiger partial charge is 0.242 e. The topological polar surface area (TPSA) is 66.5 Å². The second-order valence-corrected chi connectivity index (χ2v) is 8.25. The van der Waals surface area contributed by atoms with Crippen molar-refractivity contribution >= 4 is 21.6 Å². The van der Waals surface area contributed by atoms with Crippen LogP contribution in [0.15, 0.2) is 29.2 Å². The molecule has 0 heterocycles. The average Bonchev–Trinajstić information content (AvgIpc) is 2.26. The van der Waals surface area contributed by atoms with Crippen LogP contribution in [0.2, 0.25) is 0 Å². The van der Waals surface area contributed by atoms with Gasteiger partial charge in [0.1, 0.15) is 0 Å². The van der Waals surface area contributed by atoms with Crippen LogP contribution in [-0.2, 0) is 14.8 Å². The zero-order valence-electron chi connectivity index (χ0n) is 12.6. The van der Waals surface area contributed by atoms with Crippen LogP contribution in [0.1, 0.15) is 27.2 Å². The van der Waals surface area contributed by atoms with E-state index in [1.165, 1.54) is 26.2 Å². The molecule has 1 aromatic carbocycles. The van der Waals surface area contributed by atoms with Crippen LogP contribution in [0.3, 0.4) is 0 Å². The molecule has 5 nitrogen and oxygen atoms in total. The Balaban J connectivity index is 2.81. The van der Waals surface area contributed by atoms with Gasteiger partial charge in [-0.1, -0.05) is 20.8 Å². The lowest BCUT2D eigenvalue weighted by Crippen LogP contribution is -2.22. The zero-order chi connectivity index (χ0) is 15.6. The number of anilines is 1. The van der Waals surface area contributed by atoms with Gasteiger partial charge in [-0.2, -0.15) is 0 Å². The Morgan fingerprint density at radius 2 is 1.65 bits per heavy atom. The Kier molecular flexibility index (Phi) is 4.94. The highest BCUT2D eigenvalue weighted by Crippen LogP contribution is 2.20. The van der Waals surface area contributed by atoms with E-state index in [9.17, 15) is 13.2 Å². The Morgan fingerprint density at radius 1 is 1.15 bits per heavy atom. The summed E-state index contributed by atoms with van der Waals surface area (Å²) in [5, 5.41) is 2.76. The number of amides is 1. The summed E-state index contributed by atoms with van der Waals surface area (Å²) in [5.74, 6) is -0.0827.